The number of amides is 2. The Morgan fingerprint density at radius 3 is 2.58 bits per heavy atom. The summed E-state index contributed by atoms with van der Waals surface area (Å²) in [4.78, 5) is 27.4. The number of hydrogen-bond acceptors (Lipinski definition) is 6. The first-order valence-corrected chi connectivity index (χ1v) is 12.1. The summed E-state index contributed by atoms with van der Waals surface area (Å²) in [6.45, 7) is 5.94. The number of nitrogens with zero attached hydrogens (tertiary/aromatic N) is 1. The second kappa shape index (κ2) is 11.3. The molecule has 3 N–H and O–H groups in total. The van der Waals surface area contributed by atoms with Crippen LogP contribution in [0.2, 0.25) is 0 Å². The van der Waals surface area contributed by atoms with E-state index in [0.29, 0.717) is 43.7 Å². The lowest BCUT2D eigenvalue weighted by Crippen LogP contribution is -2.39. The molecule has 2 aliphatic rings. The molecule has 1 aromatic rings. The third-order valence-corrected chi connectivity index (χ3v) is 6.87. The van der Waals surface area contributed by atoms with Crippen LogP contribution < -0.4 is 0 Å². The van der Waals surface area contributed by atoms with Crippen LogP contribution in [0, 0.1) is 17.8 Å². The van der Waals surface area contributed by atoms with Crippen molar-refractivity contribution < 1.29 is 29.3 Å². The van der Waals surface area contributed by atoms with E-state index in [1.165, 1.54) is 4.90 Å². The molecule has 4 atom stereocenters. The summed E-state index contributed by atoms with van der Waals surface area (Å²) in [6.07, 6.45) is 4.95. The molecule has 7 nitrogen and oxygen atoms in total. The second-order valence-corrected chi connectivity index (χ2v) is 9.27. The zero-order valence-electron chi connectivity index (χ0n) is 19.9. The van der Waals surface area contributed by atoms with Gasteiger partial charge in [0.1, 0.15) is 18.1 Å². The molecule has 1 aromatic heterocycles. The van der Waals surface area contributed by atoms with E-state index in [-0.39, 0.29) is 25.0 Å². The van der Waals surface area contributed by atoms with Gasteiger partial charge >= 0.3 is 0 Å². The molecule has 3 rings (SSSR count). The van der Waals surface area contributed by atoms with Crippen molar-refractivity contribution in [1.82, 2.24) is 4.90 Å². The molecule has 7 heteroatoms. The number of aliphatic hydroxyl groups is 3. The standard InChI is InChI=1S/C26H37NO6/c1-4-6-17-13-20-24(26(32)27(11-5-2)25(20)31)21(15-29)23(17)22(30)10-7-16(3)12-18-8-9-19(14-28)33-18/h8-9,12,20-22,24,28-30H,4-7,10-11,13-15H2,1-3H3/b16-12+/t20-,21+,22-,24-/m1/s1. The van der Waals surface area contributed by atoms with Crippen LogP contribution in [-0.2, 0) is 16.2 Å². The van der Waals surface area contributed by atoms with Crippen molar-refractivity contribution in [1.29, 1.82) is 0 Å². The van der Waals surface area contributed by atoms with Gasteiger partial charge in [-0.05, 0) is 62.8 Å². The van der Waals surface area contributed by atoms with Crippen LogP contribution in [0.4, 0.5) is 0 Å². The SMILES string of the molecule is CCCC1=C([C@H](O)CC/C(C)=C/c2ccc(CO)o2)[C@H](CO)[C@@H]2C(=O)N(CCC)C(=O)[C@@H]2C1. The van der Waals surface area contributed by atoms with E-state index in [1.54, 1.807) is 12.1 Å². The monoisotopic (exact) mass is 459 g/mol. The molecule has 2 heterocycles. The van der Waals surface area contributed by atoms with E-state index >= 15 is 0 Å². The number of furan rings is 1. The van der Waals surface area contributed by atoms with Gasteiger partial charge in [0.15, 0.2) is 0 Å². The van der Waals surface area contributed by atoms with Crippen molar-refractivity contribution in [2.45, 2.75) is 72.0 Å². The predicted octanol–water partition coefficient (Wildman–Crippen LogP) is 3.44. The van der Waals surface area contributed by atoms with E-state index < -0.39 is 23.9 Å². The Morgan fingerprint density at radius 2 is 1.97 bits per heavy atom. The van der Waals surface area contributed by atoms with Gasteiger partial charge in [0, 0.05) is 12.5 Å². The number of likely N-dealkylation sites (tertiary alicyclic amines) is 1. The first-order chi connectivity index (χ1) is 15.9. The molecule has 1 fully saturated rings. The molecule has 0 bridgehead atoms. The summed E-state index contributed by atoms with van der Waals surface area (Å²) in [6, 6.07) is 3.52. The van der Waals surface area contributed by atoms with Gasteiger partial charge in [-0.3, -0.25) is 14.5 Å². The van der Waals surface area contributed by atoms with Crippen LogP contribution in [0.5, 0.6) is 0 Å². The predicted molar refractivity (Wildman–Crippen MR) is 125 cm³/mol. The summed E-state index contributed by atoms with van der Waals surface area (Å²) in [5, 5.41) is 30.6. The fourth-order valence-electron chi connectivity index (χ4n) is 5.40. The minimum Gasteiger partial charge on any atom is -0.459 e. The van der Waals surface area contributed by atoms with Crippen LogP contribution >= 0.6 is 0 Å². The quantitative estimate of drug-likeness (QED) is 0.345. The number of allylic oxidation sites excluding steroid dienone is 2. The molecule has 1 saturated heterocycles. The summed E-state index contributed by atoms with van der Waals surface area (Å²) < 4.78 is 5.50. The molecular weight excluding hydrogens is 422 g/mol. The van der Waals surface area contributed by atoms with Gasteiger partial charge in [0.2, 0.25) is 11.8 Å². The molecule has 0 saturated carbocycles. The van der Waals surface area contributed by atoms with Gasteiger partial charge in [0.25, 0.3) is 0 Å². The Bertz CT molecular complexity index is 914. The summed E-state index contributed by atoms with van der Waals surface area (Å²) in [5.41, 5.74) is 2.79. The van der Waals surface area contributed by atoms with Crippen molar-refractivity contribution in [3.05, 3.63) is 40.4 Å². The molecule has 0 radical (unpaired) electrons. The normalized spacial score (nSPS) is 24.6. The highest BCUT2D eigenvalue weighted by Gasteiger charge is 2.54. The van der Waals surface area contributed by atoms with Crippen LogP contribution in [-0.4, -0.2) is 51.3 Å². The van der Waals surface area contributed by atoms with Gasteiger partial charge in [0.05, 0.1) is 24.5 Å². The summed E-state index contributed by atoms with van der Waals surface area (Å²) in [5.74, 6) is -0.738. The van der Waals surface area contributed by atoms with Crippen molar-refractivity contribution >= 4 is 17.9 Å². The highest BCUT2D eigenvalue weighted by atomic mass is 16.4. The van der Waals surface area contributed by atoms with Crippen LogP contribution in [0.25, 0.3) is 6.08 Å². The molecular formula is C26H37NO6. The zero-order chi connectivity index (χ0) is 24.1. The number of rotatable bonds is 11. The van der Waals surface area contributed by atoms with Crippen molar-refractivity contribution in [3.63, 3.8) is 0 Å². The molecule has 2 amide bonds. The van der Waals surface area contributed by atoms with Crippen LogP contribution in [0.1, 0.15) is 70.8 Å². The maximum atomic E-state index is 13.1. The maximum Gasteiger partial charge on any atom is 0.233 e. The fraction of sp³-hybridized carbons (Fsp3) is 0.615. The van der Waals surface area contributed by atoms with Crippen LogP contribution in [0.15, 0.2) is 33.3 Å². The Hall–Kier alpha value is -2.22. The van der Waals surface area contributed by atoms with E-state index in [2.05, 4.69) is 6.92 Å². The zero-order valence-corrected chi connectivity index (χ0v) is 19.9. The van der Waals surface area contributed by atoms with Crippen molar-refractivity contribution in [2.24, 2.45) is 17.8 Å². The van der Waals surface area contributed by atoms with Crippen molar-refractivity contribution in [3.8, 4) is 0 Å². The third-order valence-electron chi connectivity index (χ3n) is 6.87. The summed E-state index contributed by atoms with van der Waals surface area (Å²) >= 11 is 0. The number of carbonyl (C=O) groups is 2. The first kappa shape index (κ1) is 25.4. The van der Waals surface area contributed by atoms with Crippen molar-refractivity contribution in [2.75, 3.05) is 13.2 Å². The topological polar surface area (TPSA) is 111 Å². The van der Waals surface area contributed by atoms with Gasteiger partial charge in [-0.2, -0.15) is 0 Å². The van der Waals surface area contributed by atoms with Gasteiger partial charge < -0.3 is 19.7 Å². The third kappa shape index (κ3) is 5.31. The highest BCUT2D eigenvalue weighted by Crippen LogP contribution is 2.47. The minimum atomic E-state index is -0.791. The average Bonchev–Trinajstić information content (AvgIpc) is 3.35. The Balaban J connectivity index is 1.81. The van der Waals surface area contributed by atoms with Gasteiger partial charge in [-0.1, -0.05) is 31.4 Å². The molecule has 1 aliphatic carbocycles. The number of aliphatic hydroxyl groups excluding tert-OH is 3. The lowest BCUT2D eigenvalue weighted by Gasteiger charge is -2.36. The molecule has 0 aromatic carbocycles. The number of hydrogen-bond donors (Lipinski definition) is 3. The lowest BCUT2D eigenvalue weighted by atomic mass is 9.67. The fourth-order valence-corrected chi connectivity index (χ4v) is 5.40. The smallest absolute Gasteiger partial charge is 0.233 e. The highest BCUT2D eigenvalue weighted by molar-refractivity contribution is 6.05. The summed E-state index contributed by atoms with van der Waals surface area (Å²) in [7, 11) is 0. The molecule has 182 valence electrons. The van der Waals surface area contributed by atoms with E-state index in [4.69, 9.17) is 9.52 Å². The number of carbonyl (C=O) groups excluding carboxylic acids is 2. The number of imide groups is 1. The Morgan fingerprint density at radius 1 is 1.21 bits per heavy atom. The van der Waals surface area contributed by atoms with E-state index in [0.717, 1.165) is 29.6 Å². The first-order valence-electron chi connectivity index (χ1n) is 12.1. The molecule has 1 aliphatic heterocycles. The average molecular weight is 460 g/mol. The van der Waals surface area contributed by atoms with Gasteiger partial charge in [-0.25, -0.2) is 0 Å². The van der Waals surface area contributed by atoms with E-state index in [1.807, 2.05) is 19.9 Å². The van der Waals surface area contributed by atoms with Gasteiger partial charge in [-0.15, -0.1) is 0 Å². The Labute approximate surface area is 195 Å². The van der Waals surface area contributed by atoms with Crippen LogP contribution in [0.3, 0.4) is 0 Å². The second-order valence-electron chi connectivity index (χ2n) is 9.27. The Kier molecular flexibility index (Phi) is 8.68. The largest absolute Gasteiger partial charge is 0.459 e. The van der Waals surface area contributed by atoms with E-state index in [9.17, 15) is 19.8 Å². The number of fused-ring (bicyclic) bond motifs is 1. The molecule has 0 unspecified atom stereocenters. The molecule has 0 spiro atoms. The minimum absolute atomic E-state index is 0.132. The maximum absolute atomic E-state index is 13.1. The molecule has 33 heavy (non-hydrogen) atoms. The lowest BCUT2D eigenvalue weighted by molar-refractivity contribution is -0.140.